The van der Waals surface area contributed by atoms with E-state index in [-0.39, 0.29) is 24.4 Å². The summed E-state index contributed by atoms with van der Waals surface area (Å²) in [6, 6.07) is 15.6. The first-order valence-corrected chi connectivity index (χ1v) is 9.77. The second kappa shape index (κ2) is 8.90. The monoisotopic (exact) mass is 393 g/mol. The van der Waals surface area contributed by atoms with Crippen LogP contribution in [0, 0.1) is 6.92 Å². The van der Waals surface area contributed by atoms with Crippen LogP contribution in [0.3, 0.4) is 0 Å². The molecule has 1 aliphatic rings. The minimum Gasteiger partial charge on any atom is -0.497 e. The van der Waals surface area contributed by atoms with E-state index >= 15 is 0 Å². The number of amides is 2. The normalized spacial score (nSPS) is 15.8. The van der Waals surface area contributed by atoms with Crippen LogP contribution in [0.25, 0.3) is 0 Å². The molecule has 2 amide bonds. The number of hydrogen-bond donors (Lipinski definition) is 0. The second-order valence-electron chi connectivity index (χ2n) is 7.25. The van der Waals surface area contributed by atoms with Crippen LogP contribution >= 0.6 is 0 Å². The summed E-state index contributed by atoms with van der Waals surface area (Å²) in [6.45, 7) is 3.82. The highest BCUT2D eigenvalue weighted by atomic mass is 16.5. The molecule has 1 unspecified atom stereocenters. The first-order chi connectivity index (χ1) is 13.9. The third-order valence-electron chi connectivity index (χ3n) is 5.13. The maximum absolute atomic E-state index is 13.0. The van der Waals surface area contributed by atoms with Crippen LogP contribution in [0.1, 0.15) is 42.5 Å². The van der Waals surface area contributed by atoms with Gasteiger partial charge < -0.3 is 9.64 Å². The van der Waals surface area contributed by atoms with Crippen molar-refractivity contribution in [1.29, 1.82) is 0 Å². The summed E-state index contributed by atoms with van der Waals surface area (Å²) in [5.74, 6) is 0.481. The van der Waals surface area contributed by atoms with E-state index in [2.05, 4.69) is 5.10 Å². The van der Waals surface area contributed by atoms with E-state index in [9.17, 15) is 9.59 Å². The molecule has 6 nitrogen and oxygen atoms in total. The highest BCUT2D eigenvalue weighted by Gasteiger charge is 2.33. The van der Waals surface area contributed by atoms with E-state index in [0.29, 0.717) is 12.8 Å². The lowest BCUT2D eigenvalue weighted by Gasteiger charge is -2.24. The van der Waals surface area contributed by atoms with E-state index in [4.69, 9.17) is 4.74 Å². The SMILES string of the molecule is CCC(=O)N(C)CC(=O)N1N=C(c2cccc(OC)c2)CC1c1ccc(C)cc1. The summed E-state index contributed by atoms with van der Waals surface area (Å²) >= 11 is 0. The van der Waals surface area contributed by atoms with E-state index in [0.717, 1.165) is 28.2 Å². The number of ether oxygens (including phenoxy) is 1. The molecule has 1 heterocycles. The van der Waals surface area contributed by atoms with Crippen molar-refractivity contribution in [3.63, 3.8) is 0 Å². The van der Waals surface area contributed by atoms with Crippen molar-refractivity contribution in [2.24, 2.45) is 5.10 Å². The van der Waals surface area contributed by atoms with E-state index < -0.39 is 0 Å². The first-order valence-electron chi connectivity index (χ1n) is 9.77. The van der Waals surface area contributed by atoms with E-state index in [1.54, 1.807) is 21.1 Å². The van der Waals surface area contributed by atoms with Gasteiger partial charge in [-0.1, -0.05) is 48.9 Å². The molecule has 0 aliphatic carbocycles. The topological polar surface area (TPSA) is 62.2 Å². The van der Waals surface area contributed by atoms with Crippen molar-refractivity contribution in [1.82, 2.24) is 9.91 Å². The molecular formula is C23H27N3O3. The zero-order valence-corrected chi connectivity index (χ0v) is 17.4. The van der Waals surface area contributed by atoms with Crippen LogP contribution in [0.15, 0.2) is 53.6 Å². The van der Waals surface area contributed by atoms with Gasteiger partial charge in [0.15, 0.2) is 0 Å². The van der Waals surface area contributed by atoms with Gasteiger partial charge in [0.05, 0.1) is 18.9 Å². The Morgan fingerprint density at radius 1 is 1.21 bits per heavy atom. The molecule has 1 aliphatic heterocycles. The standard InChI is InChI=1S/C23H27N3O3/c1-5-22(27)25(3)15-23(28)26-21(17-11-9-16(2)10-12-17)14-20(24-26)18-7-6-8-19(13-18)29-4/h6-13,21H,5,14-15H2,1-4H3. The summed E-state index contributed by atoms with van der Waals surface area (Å²) in [7, 11) is 3.27. The zero-order valence-electron chi connectivity index (χ0n) is 17.4. The Kier molecular flexibility index (Phi) is 6.32. The Morgan fingerprint density at radius 2 is 1.93 bits per heavy atom. The van der Waals surface area contributed by atoms with E-state index in [1.807, 2.05) is 55.5 Å². The molecule has 0 fully saturated rings. The van der Waals surface area contributed by atoms with Crippen molar-refractivity contribution in [3.8, 4) is 5.75 Å². The number of benzene rings is 2. The fraction of sp³-hybridized carbons (Fsp3) is 0.348. The first kappa shape index (κ1) is 20.6. The van der Waals surface area contributed by atoms with Crippen molar-refractivity contribution in [2.45, 2.75) is 32.7 Å². The summed E-state index contributed by atoms with van der Waals surface area (Å²) in [5, 5.41) is 6.19. The lowest BCUT2D eigenvalue weighted by molar-refractivity contribution is -0.140. The molecule has 6 heteroatoms. The van der Waals surface area contributed by atoms with Crippen LogP contribution in [-0.2, 0) is 9.59 Å². The lowest BCUT2D eigenvalue weighted by atomic mass is 9.97. The molecule has 0 N–H and O–H groups in total. The number of hydrogen-bond acceptors (Lipinski definition) is 4. The van der Waals surface area contributed by atoms with Gasteiger partial charge >= 0.3 is 0 Å². The fourth-order valence-electron chi connectivity index (χ4n) is 3.40. The van der Waals surface area contributed by atoms with Gasteiger partial charge in [0, 0.05) is 25.5 Å². The van der Waals surface area contributed by atoms with Crippen LogP contribution in [-0.4, -0.2) is 48.1 Å². The van der Waals surface area contributed by atoms with Crippen LogP contribution in [0.2, 0.25) is 0 Å². The van der Waals surface area contributed by atoms with Crippen molar-refractivity contribution >= 4 is 17.5 Å². The molecule has 1 atom stereocenters. The van der Waals surface area contributed by atoms with Gasteiger partial charge in [0.2, 0.25) is 5.91 Å². The molecule has 29 heavy (non-hydrogen) atoms. The number of carbonyl (C=O) groups excluding carboxylic acids is 2. The summed E-state index contributed by atoms with van der Waals surface area (Å²) < 4.78 is 5.32. The Balaban J connectivity index is 1.91. The van der Waals surface area contributed by atoms with Crippen LogP contribution in [0.4, 0.5) is 0 Å². The minimum absolute atomic E-state index is 0.00389. The summed E-state index contributed by atoms with van der Waals surface area (Å²) in [4.78, 5) is 26.4. The van der Waals surface area contributed by atoms with Gasteiger partial charge in [-0.15, -0.1) is 0 Å². The van der Waals surface area contributed by atoms with Gasteiger partial charge in [-0.05, 0) is 24.6 Å². The lowest BCUT2D eigenvalue weighted by Crippen LogP contribution is -2.38. The molecule has 2 aromatic rings. The van der Waals surface area contributed by atoms with Gasteiger partial charge in [-0.2, -0.15) is 5.10 Å². The highest BCUT2D eigenvalue weighted by Crippen LogP contribution is 2.33. The molecule has 152 valence electrons. The molecule has 0 aromatic heterocycles. The molecule has 0 bridgehead atoms. The highest BCUT2D eigenvalue weighted by molar-refractivity contribution is 6.03. The quantitative estimate of drug-likeness (QED) is 0.754. The van der Waals surface area contributed by atoms with E-state index in [1.165, 1.54) is 9.91 Å². The molecule has 0 radical (unpaired) electrons. The van der Waals surface area contributed by atoms with Gasteiger partial charge in [-0.25, -0.2) is 5.01 Å². The number of carbonyl (C=O) groups is 2. The minimum atomic E-state index is -0.200. The number of hydrazone groups is 1. The Morgan fingerprint density at radius 3 is 2.59 bits per heavy atom. The number of methoxy groups -OCH3 is 1. The Hall–Kier alpha value is -3.15. The summed E-state index contributed by atoms with van der Waals surface area (Å²) in [5.41, 5.74) is 3.93. The van der Waals surface area contributed by atoms with Crippen molar-refractivity contribution < 1.29 is 14.3 Å². The number of likely N-dealkylation sites (N-methyl/N-ethyl adjacent to an activating group) is 1. The number of rotatable bonds is 6. The van der Waals surface area contributed by atoms with Gasteiger partial charge in [0.1, 0.15) is 12.3 Å². The van der Waals surface area contributed by atoms with Gasteiger partial charge in [0.25, 0.3) is 5.91 Å². The Labute approximate surface area is 171 Å². The average Bonchev–Trinajstić information content (AvgIpc) is 3.19. The molecule has 0 saturated heterocycles. The van der Waals surface area contributed by atoms with Crippen LogP contribution < -0.4 is 4.74 Å². The molecule has 0 spiro atoms. The second-order valence-corrected chi connectivity index (χ2v) is 7.25. The van der Waals surface area contributed by atoms with Gasteiger partial charge in [-0.3, -0.25) is 9.59 Å². The van der Waals surface area contributed by atoms with Crippen molar-refractivity contribution in [2.75, 3.05) is 20.7 Å². The Bertz CT molecular complexity index is 921. The zero-order chi connectivity index (χ0) is 21.0. The smallest absolute Gasteiger partial charge is 0.262 e. The third kappa shape index (κ3) is 4.65. The number of nitrogens with zero attached hydrogens (tertiary/aromatic N) is 3. The largest absolute Gasteiger partial charge is 0.497 e. The molecule has 2 aromatic carbocycles. The fourth-order valence-corrected chi connectivity index (χ4v) is 3.40. The van der Waals surface area contributed by atoms with Crippen LogP contribution in [0.5, 0.6) is 5.75 Å². The maximum atomic E-state index is 13.0. The maximum Gasteiger partial charge on any atom is 0.262 e. The molecule has 0 saturated carbocycles. The predicted octanol–water partition coefficient (Wildman–Crippen LogP) is 3.55. The third-order valence-corrected chi connectivity index (χ3v) is 5.13. The average molecular weight is 393 g/mol. The van der Waals surface area contributed by atoms with Crippen molar-refractivity contribution in [3.05, 3.63) is 65.2 Å². The number of aryl methyl sites for hydroxylation is 1. The summed E-state index contributed by atoms with van der Waals surface area (Å²) in [6.07, 6.45) is 0.969. The predicted molar refractivity (Wildman–Crippen MR) is 113 cm³/mol. The molecular weight excluding hydrogens is 366 g/mol. The molecule has 3 rings (SSSR count).